The van der Waals surface area contributed by atoms with Gasteiger partial charge in [0.25, 0.3) is 0 Å². The normalized spacial score (nSPS) is 17.6. The molecule has 0 saturated heterocycles. The van der Waals surface area contributed by atoms with Crippen molar-refractivity contribution in [3.05, 3.63) is 26.7 Å². The molecule has 94 valence electrons. The van der Waals surface area contributed by atoms with E-state index in [0.717, 1.165) is 16.7 Å². The molecule has 5 heteroatoms. The Bertz CT molecular complexity index is 416. The van der Waals surface area contributed by atoms with Crippen LogP contribution < -0.4 is 5.32 Å². The van der Waals surface area contributed by atoms with Crippen molar-refractivity contribution < 1.29 is 0 Å². The van der Waals surface area contributed by atoms with Crippen LogP contribution in [-0.4, -0.2) is 17.5 Å². The summed E-state index contributed by atoms with van der Waals surface area (Å²) in [7, 11) is 0. The molecule has 0 heterocycles. The maximum absolute atomic E-state index is 6.20. The van der Waals surface area contributed by atoms with E-state index in [1.54, 1.807) is 0 Å². The van der Waals surface area contributed by atoms with Crippen LogP contribution in [0.5, 0.6) is 0 Å². The molecule has 0 aliphatic heterocycles. The van der Waals surface area contributed by atoms with E-state index in [2.05, 4.69) is 27.5 Å². The summed E-state index contributed by atoms with van der Waals surface area (Å²) >= 11 is 17.6. The zero-order valence-corrected chi connectivity index (χ0v) is 13.4. The van der Waals surface area contributed by atoms with Gasteiger partial charge in [0.15, 0.2) is 0 Å². The molecule has 17 heavy (non-hydrogen) atoms. The quantitative estimate of drug-likeness (QED) is 0.721. The molecule has 1 nitrogen and oxygen atoms in total. The Morgan fingerprint density at radius 3 is 2.59 bits per heavy atom. The summed E-state index contributed by atoms with van der Waals surface area (Å²) < 4.78 is 1.22. The number of rotatable bonds is 4. The van der Waals surface area contributed by atoms with Gasteiger partial charge in [-0.1, -0.05) is 29.6 Å². The molecule has 1 N–H and O–H groups in total. The average Bonchev–Trinajstić information content (AvgIpc) is 2.28. The fraction of sp³-hybridized carbons (Fsp3) is 0.500. The third-order valence-corrected chi connectivity index (χ3v) is 6.52. The smallest absolute Gasteiger partial charge is 0.0835 e. The second-order valence-corrected chi connectivity index (χ2v) is 7.20. The van der Waals surface area contributed by atoms with Gasteiger partial charge in [-0.15, -0.1) is 0 Å². The molecule has 0 aromatic heterocycles. The zero-order chi connectivity index (χ0) is 12.5. The first kappa shape index (κ1) is 13.9. The Labute approximate surface area is 125 Å². The third-order valence-electron chi connectivity index (χ3n) is 3.33. The molecule has 1 fully saturated rings. The van der Waals surface area contributed by atoms with E-state index in [4.69, 9.17) is 23.2 Å². The summed E-state index contributed by atoms with van der Waals surface area (Å²) in [5.74, 6) is 0. The SMILES string of the molecule is CSC1(CNc2ccc(Br)c(Cl)c2Cl)CCC1. The Hall–Kier alpha value is 0.430. The van der Waals surface area contributed by atoms with E-state index >= 15 is 0 Å². The number of hydrogen-bond acceptors (Lipinski definition) is 2. The summed E-state index contributed by atoms with van der Waals surface area (Å²) in [5.41, 5.74) is 0.917. The van der Waals surface area contributed by atoms with Crippen molar-refractivity contribution in [3.8, 4) is 0 Å². The van der Waals surface area contributed by atoms with Crippen LogP contribution >= 0.6 is 50.9 Å². The van der Waals surface area contributed by atoms with Crippen LogP contribution in [0.2, 0.25) is 10.0 Å². The van der Waals surface area contributed by atoms with Crippen LogP contribution in [0, 0.1) is 0 Å². The molecule has 1 aliphatic rings. The Kier molecular flexibility index (Phi) is 4.56. The highest BCUT2D eigenvalue weighted by molar-refractivity contribution is 9.10. The van der Waals surface area contributed by atoms with E-state index in [9.17, 15) is 0 Å². The Morgan fingerprint density at radius 1 is 1.35 bits per heavy atom. The monoisotopic (exact) mass is 353 g/mol. The number of nitrogens with one attached hydrogen (secondary N) is 1. The van der Waals surface area contributed by atoms with E-state index in [-0.39, 0.29) is 0 Å². The molecule has 1 saturated carbocycles. The molecule has 1 aliphatic carbocycles. The van der Waals surface area contributed by atoms with Gasteiger partial charge in [0, 0.05) is 15.8 Å². The number of anilines is 1. The van der Waals surface area contributed by atoms with Gasteiger partial charge in [0.1, 0.15) is 0 Å². The van der Waals surface area contributed by atoms with Gasteiger partial charge < -0.3 is 5.32 Å². The number of halogens is 3. The van der Waals surface area contributed by atoms with E-state index in [1.165, 1.54) is 19.3 Å². The molecular weight excluding hydrogens is 341 g/mol. The molecule has 0 spiro atoms. The largest absolute Gasteiger partial charge is 0.382 e. The number of hydrogen-bond donors (Lipinski definition) is 1. The van der Waals surface area contributed by atoms with E-state index in [0.29, 0.717) is 14.8 Å². The molecule has 1 aromatic carbocycles. The van der Waals surface area contributed by atoms with E-state index < -0.39 is 0 Å². The van der Waals surface area contributed by atoms with Gasteiger partial charge in [-0.2, -0.15) is 11.8 Å². The number of benzene rings is 1. The van der Waals surface area contributed by atoms with Crippen molar-refractivity contribution >= 4 is 56.6 Å². The van der Waals surface area contributed by atoms with Crippen molar-refractivity contribution in [2.75, 3.05) is 18.1 Å². The van der Waals surface area contributed by atoms with Crippen LogP contribution in [0.4, 0.5) is 5.69 Å². The summed E-state index contributed by atoms with van der Waals surface area (Å²) in [4.78, 5) is 0. The number of thioether (sulfide) groups is 1. The highest BCUT2D eigenvalue weighted by Gasteiger charge is 2.35. The summed E-state index contributed by atoms with van der Waals surface area (Å²) in [6, 6.07) is 3.88. The van der Waals surface area contributed by atoms with Gasteiger partial charge in [-0.3, -0.25) is 0 Å². The van der Waals surface area contributed by atoms with Crippen LogP contribution in [-0.2, 0) is 0 Å². The molecule has 2 rings (SSSR count). The van der Waals surface area contributed by atoms with Crippen LogP contribution in [0.25, 0.3) is 0 Å². The van der Waals surface area contributed by atoms with Gasteiger partial charge >= 0.3 is 0 Å². The first-order valence-corrected chi connectivity index (χ1v) is 8.28. The lowest BCUT2D eigenvalue weighted by Crippen LogP contribution is -2.40. The average molecular weight is 355 g/mol. The van der Waals surface area contributed by atoms with Gasteiger partial charge in [0.2, 0.25) is 0 Å². The fourth-order valence-corrected chi connectivity index (χ4v) is 3.70. The second-order valence-electron chi connectivity index (χ2n) is 4.32. The van der Waals surface area contributed by atoms with Crippen molar-refractivity contribution in [3.63, 3.8) is 0 Å². The minimum absolute atomic E-state index is 0.392. The summed E-state index contributed by atoms with van der Waals surface area (Å²) in [6.45, 7) is 0.950. The maximum Gasteiger partial charge on any atom is 0.0835 e. The summed E-state index contributed by atoms with van der Waals surface area (Å²) in [6.07, 6.45) is 6.07. The lowest BCUT2D eigenvalue weighted by Gasteiger charge is -2.40. The Balaban J connectivity index is 2.07. The standard InChI is InChI=1S/C12H14BrCl2NS/c1-17-12(5-2-6-12)7-16-9-4-3-8(13)10(14)11(9)15/h3-4,16H,2,5-7H2,1H3. The van der Waals surface area contributed by atoms with Crippen LogP contribution in [0.15, 0.2) is 16.6 Å². The molecule has 0 bridgehead atoms. The van der Waals surface area contributed by atoms with Gasteiger partial charge in [0.05, 0.1) is 15.7 Å². The summed E-state index contributed by atoms with van der Waals surface area (Å²) in [5, 5.41) is 4.58. The fourth-order valence-electron chi connectivity index (χ4n) is 1.94. The highest BCUT2D eigenvalue weighted by Crippen LogP contribution is 2.43. The van der Waals surface area contributed by atoms with Crippen molar-refractivity contribution in [2.45, 2.75) is 24.0 Å². The molecule has 0 amide bonds. The minimum atomic E-state index is 0.392. The van der Waals surface area contributed by atoms with Crippen LogP contribution in [0.3, 0.4) is 0 Å². The van der Waals surface area contributed by atoms with Crippen LogP contribution in [0.1, 0.15) is 19.3 Å². The topological polar surface area (TPSA) is 12.0 Å². The first-order chi connectivity index (χ1) is 8.08. The lowest BCUT2D eigenvalue weighted by molar-refractivity contribution is 0.380. The van der Waals surface area contributed by atoms with Crippen molar-refractivity contribution in [2.24, 2.45) is 0 Å². The predicted octanol–water partition coefficient (Wildman–Crippen LogP) is 5.45. The molecule has 0 radical (unpaired) electrons. The maximum atomic E-state index is 6.20. The second kappa shape index (κ2) is 5.60. The zero-order valence-electron chi connectivity index (χ0n) is 9.53. The predicted molar refractivity (Wildman–Crippen MR) is 82.7 cm³/mol. The van der Waals surface area contributed by atoms with Gasteiger partial charge in [-0.25, -0.2) is 0 Å². The van der Waals surface area contributed by atoms with Crippen molar-refractivity contribution in [1.82, 2.24) is 0 Å². The lowest BCUT2D eigenvalue weighted by atomic mass is 9.84. The molecule has 1 aromatic rings. The van der Waals surface area contributed by atoms with Crippen molar-refractivity contribution in [1.29, 1.82) is 0 Å². The van der Waals surface area contributed by atoms with E-state index in [1.807, 2.05) is 23.9 Å². The van der Waals surface area contributed by atoms with Gasteiger partial charge in [-0.05, 0) is 47.2 Å². The third kappa shape index (κ3) is 2.89. The highest BCUT2D eigenvalue weighted by atomic mass is 79.9. The molecule has 0 unspecified atom stereocenters. The molecular formula is C12H14BrCl2NS. The molecule has 0 atom stereocenters. The minimum Gasteiger partial charge on any atom is -0.382 e. The first-order valence-electron chi connectivity index (χ1n) is 5.50. The Morgan fingerprint density at radius 2 is 2.06 bits per heavy atom.